The average molecular weight is 355 g/mol. The second-order valence-corrected chi connectivity index (χ2v) is 7.03. The summed E-state index contributed by atoms with van der Waals surface area (Å²) in [6, 6.07) is 9.06. The summed E-state index contributed by atoms with van der Waals surface area (Å²) in [5.41, 5.74) is 0.425. The maximum absolute atomic E-state index is 12.4. The predicted molar refractivity (Wildman–Crippen MR) is 101 cm³/mol. The zero-order chi connectivity index (χ0) is 17.5. The van der Waals surface area contributed by atoms with Crippen molar-refractivity contribution in [3.05, 3.63) is 35.9 Å². The lowest BCUT2D eigenvalue weighted by atomic mass is 10.0. The summed E-state index contributed by atoms with van der Waals surface area (Å²) in [6.07, 6.45) is -0.0159. The maximum atomic E-state index is 12.4. The van der Waals surface area contributed by atoms with Crippen LogP contribution in [0.15, 0.2) is 30.3 Å². The lowest BCUT2D eigenvalue weighted by Gasteiger charge is -2.24. The van der Waals surface area contributed by atoms with Crippen molar-refractivity contribution in [2.24, 2.45) is 5.92 Å². The van der Waals surface area contributed by atoms with Gasteiger partial charge in [0.1, 0.15) is 11.6 Å². The van der Waals surface area contributed by atoms with Crippen molar-refractivity contribution in [2.45, 2.75) is 59.2 Å². The summed E-state index contributed by atoms with van der Waals surface area (Å²) in [4.78, 5) is 24.3. The molecule has 2 amide bonds. The molecule has 0 fully saturated rings. The first-order valence-corrected chi connectivity index (χ1v) is 7.98. The van der Waals surface area contributed by atoms with E-state index in [1.165, 1.54) is 0 Å². The third-order valence-electron chi connectivity index (χ3n) is 3.02. The number of ether oxygens (including phenoxy) is 1. The summed E-state index contributed by atoms with van der Waals surface area (Å²) in [7, 11) is 0. The van der Waals surface area contributed by atoms with Gasteiger partial charge in [0.25, 0.3) is 0 Å². The van der Waals surface area contributed by atoms with E-state index in [0.29, 0.717) is 13.0 Å². The SMILES string of the molecule is CC(C)C[C@H](NC(=O)OC(C)(C)C)C(=O)NCc1ccccc1.S. The minimum absolute atomic E-state index is 0. The number of nitrogens with one attached hydrogen (secondary N) is 2. The molecule has 0 aliphatic rings. The van der Waals surface area contributed by atoms with E-state index in [-0.39, 0.29) is 25.3 Å². The monoisotopic (exact) mass is 354 g/mol. The molecule has 24 heavy (non-hydrogen) atoms. The number of amides is 2. The fraction of sp³-hybridized carbons (Fsp3) is 0.556. The molecule has 136 valence electrons. The van der Waals surface area contributed by atoms with Crippen LogP contribution in [0.25, 0.3) is 0 Å². The van der Waals surface area contributed by atoms with E-state index in [0.717, 1.165) is 5.56 Å². The van der Waals surface area contributed by atoms with E-state index >= 15 is 0 Å². The topological polar surface area (TPSA) is 67.4 Å². The Balaban J connectivity index is 0.00000529. The molecule has 2 N–H and O–H groups in total. The van der Waals surface area contributed by atoms with Gasteiger partial charge in [-0.05, 0) is 38.7 Å². The van der Waals surface area contributed by atoms with Gasteiger partial charge >= 0.3 is 6.09 Å². The van der Waals surface area contributed by atoms with Gasteiger partial charge in [-0.3, -0.25) is 4.79 Å². The zero-order valence-electron chi connectivity index (χ0n) is 15.2. The number of carbonyl (C=O) groups excluding carboxylic acids is 2. The van der Waals surface area contributed by atoms with Gasteiger partial charge in [0, 0.05) is 6.54 Å². The van der Waals surface area contributed by atoms with Crippen molar-refractivity contribution in [3.63, 3.8) is 0 Å². The van der Waals surface area contributed by atoms with Crippen LogP contribution in [0.1, 0.15) is 46.6 Å². The molecule has 1 aromatic carbocycles. The van der Waals surface area contributed by atoms with Crippen LogP contribution < -0.4 is 10.6 Å². The molecule has 0 aliphatic carbocycles. The molecule has 0 aromatic heterocycles. The highest BCUT2D eigenvalue weighted by Crippen LogP contribution is 2.10. The second-order valence-electron chi connectivity index (χ2n) is 7.03. The summed E-state index contributed by atoms with van der Waals surface area (Å²) in [6.45, 7) is 9.82. The van der Waals surface area contributed by atoms with Crippen LogP contribution >= 0.6 is 13.5 Å². The summed E-state index contributed by atoms with van der Waals surface area (Å²) >= 11 is 0. The Hall–Kier alpha value is -1.69. The smallest absolute Gasteiger partial charge is 0.408 e. The molecule has 1 atom stereocenters. The molecule has 6 heteroatoms. The normalized spacial score (nSPS) is 12.1. The van der Waals surface area contributed by atoms with E-state index in [9.17, 15) is 9.59 Å². The number of hydrogen-bond acceptors (Lipinski definition) is 3. The van der Waals surface area contributed by atoms with Gasteiger partial charge in [0.05, 0.1) is 0 Å². The number of hydrogen-bond donors (Lipinski definition) is 2. The quantitative estimate of drug-likeness (QED) is 0.823. The van der Waals surface area contributed by atoms with Crippen molar-refractivity contribution in [2.75, 3.05) is 0 Å². The van der Waals surface area contributed by atoms with Gasteiger partial charge in [-0.2, -0.15) is 13.5 Å². The van der Waals surface area contributed by atoms with Crippen LogP contribution in [0.2, 0.25) is 0 Å². The van der Waals surface area contributed by atoms with E-state index in [2.05, 4.69) is 10.6 Å². The van der Waals surface area contributed by atoms with Gasteiger partial charge in [-0.25, -0.2) is 4.79 Å². The molecule has 0 radical (unpaired) electrons. The minimum Gasteiger partial charge on any atom is -0.444 e. The lowest BCUT2D eigenvalue weighted by Crippen LogP contribution is -2.48. The summed E-state index contributed by atoms with van der Waals surface area (Å²) in [5.74, 6) is 0.0748. The van der Waals surface area contributed by atoms with E-state index in [1.54, 1.807) is 20.8 Å². The predicted octanol–water partition coefficient (Wildman–Crippen LogP) is 3.36. The molecule has 0 saturated carbocycles. The molecular formula is C18H30N2O3S. The van der Waals surface area contributed by atoms with Gasteiger partial charge in [-0.15, -0.1) is 0 Å². The first kappa shape index (κ1) is 22.3. The molecule has 0 aliphatic heterocycles. The number of rotatable bonds is 6. The van der Waals surface area contributed by atoms with Crippen molar-refractivity contribution < 1.29 is 14.3 Å². The molecule has 5 nitrogen and oxygen atoms in total. The van der Waals surface area contributed by atoms with Gasteiger partial charge in [0.15, 0.2) is 0 Å². The van der Waals surface area contributed by atoms with Crippen LogP contribution in [0, 0.1) is 5.92 Å². The first-order valence-electron chi connectivity index (χ1n) is 7.98. The fourth-order valence-electron chi connectivity index (χ4n) is 2.06. The highest BCUT2D eigenvalue weighted by Gasteiger charge is 2.24. The fourth-order valence-corrected chi connectivity index (χ4v) is 2.06. The van der Waals surface area contributed by atoms with Crippen molar-refractivity contribution in [1.82, 2.24) is 10.6 Å². The number of benzene rings is 1. The van der Waals surface area contributed by atoms with Gasteiger partial charge in [0.2, 0.25) is 5.91 Å². The third-order valence-corrected chi connectivity index (χ3v) is 3.02. The van der Waals surface area contributed by atoms with Crippen LogP contribution in [0.4, 0.5) is 4.79 Å². The molecule has 0 saturated heterocycles. The maximum Gasteiger partial charge on any atom is 0.408 e. The minimum atomic E-state index is -0.603. The van der Waals surface area contributed by atoms with Gasteiger partial charge in [-0.1, -0.05) is 44.2 Å². The lowest BCUT2D eigenvalue weighted by molar-refractivity contribution is -0.123. The van der Waals surface area contributed by atoms with Crippen molar-refractivity contribution in [1.29, 1.82) is 0 Å². The molecule has 0 spiro atoms. The third kappa shape index (κ3) is 9.45. The number of alkyl carbamates (subject to hydrolysis) is 1. The largest absolute Gasteiger partial charge is 0.444 e. The molecule has 0 unspecified atom stereocenters. The van der Waals surface area contributed by atoms with Crippen LogP contribution in [-0.2, 0) is 16.1 Å². The Kier molecular flexibility index (Phi) is 9.51. The van der Waals surface area contributed by atoms with Crippen molar-refractivity contribution in [3.8, 4) is 0 Å². The van der Waals surface area contributed by atoms with Crippen LogP contribution in [-0.4, -0.2) is 23.6 Å². The van der Waals surface area contributed by atoms with E-state index in [1.807, 2.05) is 44.2 Å². The Labute approximate surface area is 152 Å². The molecule has 0 heterocycles. The molecule has 1 rings (SSSR count). The van der Waals surface area contributed by atoms with Crippen LogP contribution in [0.3, 0.4) is 0 Å². The highest BCUT2D eigenvalue weighted by molar-refractivity contribution is 7.59. The first-order chi connectivity index (χ1) is 10.7. The standard InChI is InChI=1S/C18H28N2O3.H2S/c1-13(2)11-15(20-17(22)23-18(3,4)5)16(21)19-12-14-9-7-6-8-10-14;/h6-10,13,15H,11-12H2,1-5H3,(H,19,21)(H,20,22);1H2/t15-;/m0./s1. The molecular weight excluding hydrogens is 324 g/mol. The summed E-state index contributed by atoms with van der Waals surface area (Å²) in [5, 5.41) is 5.53. The zero-order valence-corrected chi connectivity index (χ0v) is 16.2. The molecule has 0 bridgehead atoms. The average Bonchev–Trinajstić information content (AvgIpc) is 2.42. The summed E-state index contributed by atoms with van der Waals surface area (Å²) < 4.78 is 5.23. The van der Waals surface area contributed by atoms with Crippen molar-refractivity contribution >= 4 is 25.5 Å². The molecule has 1 aromatic rings. The second kappa shape index (κ2) is 10.2. The van der Waals surface area contributed by atoms with E-state index < -0.39 is 17.7 Å². The van der Waals surface area contributed by atoms with E-state index in [4.69, 9.17) is 4.74 Å². The Morgan fingerprint density at radius 3 is 2.21 bits per heavy atom. The van der Waals surface area contributed by atoms with Crippen LogP contribution in [0.5, 0.6) is 0 Å². The number of carbonyl (C=O) groups is 2. The van der Waals surface area contributed by atoms with Gasteiger partial charge < -0.3 is 15.4 Å². The Morgan fingerprint density at radius 1 is 1.12 bits per heavy atom. The Morgan fingerprint density at radius 2 is 1.71 bits per heavy atom. The Bertz CT molecular complexity index is 513. The highest BCUT2D eigenvalue weighted by atomic mass is 32.1.